The maximum Gasteiger partial charge on any atom is 0.243 e. The van der Waals surface area contributed by atoms with Gasteiger partial charge in [0.05, 0.1) is 35.4 Å². The van der Waals surface area contributed by atoms with Gasteiger partial charge in [0, 0.05) is 74.2 Å². The third-order valence-corrected chi connectivity index (χ3v) is 16.6. The van der Waals surface area contributed by atoms with E-state index < -0.39 is 20.0 Å². The number of hydrogen-bond acceptors (Lipinski definition) is 12. The van der Waals surface area contributed by atoms with Crippen molar-refractivity contribution in [2.24, 2.45) is 0 Å². The van der Waals surface area contributed by atoms with E-state index in [9.17, 15) is 16.8 Å². The van der Waals surface area contributed by atoms with Crippen molar-refractivity contribution in [1.29, 1.82) is 0 Å². The van der Waals surface area contributed by atoms with Crippen LogP contribution >= 0.6 is 22.7 Å². The second kappa shape index (κ2) is 18.4. The van der Waals surface area contributed by atoms with E-state index in [-0.39, 0.29) is 0 Å². The Morgan fingerprint density at radius 1 is 0.517 bits per heavy atom. The molecule has 316 valence electrons. The minimum Gasteiger partial charge on any atom is -0.497 e. The first-order valence-electron chi connectivity index (χ1n) is 19.6. The maximum atomic E-state index is 12.9. The number of piperazine rings is 2. The molecule has 60 heavy (non-hydrogen) atoms. The van der Waals surface area contributed by atoms with E-state index in [2.05, 4.69) is 84.7 Å². The van der Waals surface area contributed by atoms with E-state index in [1.807, 2.05) is 0 Å². The molecule has 6 aromatic rings. The van der Waals surface area contributed by atoms with Gasteiger partial charge in [-0.15, -0.1) is 22.7 Å². The Kier molecular flexibility index (Phi) is 13.3. The maximum absolute atomic E-state index is 12.9. The highest BCUT2D eigenvalue weighted by atomic mass is 32.2. The topological polar surface area (TPSA) is 125 Å². The number of rotatable bonds is 10. The van der Waals surface area contributed by atoms with Crippen molar-refractivity contribution in [3.05, 3.63) is 118 Å². The first-order chi connectivity index (χ1) is 28.8. The predicted molar refractivity (Wildman–Crippen MR) is 242 cm³/mol. The Bertz CT molecular complexity index is 2610. The first kappa shape index (κ1) is 43.3. The number of aromatic nitrogens is 2. The third kappa shape index (κ3) is 9.23. The van der Waals surface area contributed by atoms with Crippen LogP contribution in [-0.2, 0) is 20.0 Å². The Morgan fingerprint density at radius 3 is 1.37 bits per heavy atom. The number of benzene rings is 4. The second-order valence-electron chi connectivity index (χ2n) is 14.7. The van der Waals surface area contributed by atoms with Crippen LogP contribution in [0.4, 0.5) is 10.3 Å². The summed E-state index contributed by atoms with van der Waals surface area (Å²) in [5, 5.41) is 6.05. The van der Waals surface area contributed by atoms with Crippen molar-refractivity contribution in [2.75, 3.05) is 76.4 Å². The molecule has 0 atom stereocenters. The van der Waals surface area contributed by atoms with Gasteiger partial charge in [0.25, 0.3) is 0 Å². The van der Waals surface area contributed by atoms with Gasteiger partial charge in [0.2, 0.25) is 20.0 Å². The molecule has 0 unspecified atom stereocenters. The number of aryl methyl sites for hydroxylation is 3. The molecule has 4 aromatic carbocycles. The number of sulfonamides is 2. The molecule has 2 aliphatic rings. The lowest BCUT2D eigenvalue weighted by Crippen LogP contribution is -2.48. The molecule has 8 rings (SSSR count). The molecule has 12 nitrogen and oxygen atoms in total. The SMILES string of the molecule is COc1ccc(S(=O)(=O)N2CCN(c3nc(-c4c(C)cccc4C)cs3)CC2)cc1.COc1ccc(S(=O)(=O)N2CCN(c3nc(-c4cccc(C)c4C)cs3)CC2)cc1. The molecule has 2 saturated heterocycles. The lowest BCUT2D eigenvalue weighted by molar-refractivity contribution is 0.384. The quantitative estimate of drug-likeness (QED) is 0.134. The fourth-order valence-electron chi connectivity index (χ4n) is 7.34. The van der Waals surface area contributed by atoms with Crippen LogP contribution in [0.25, 0.3) is 22.5 Å². The van der Waals surface area contributed by atoms with Crippen LogP contribution in [0.1, 0.15) is 22.3 Å². The molecule has 0 aliphatic carbocycles. The minimum atomic E-state index is -3.51. The van der Waals surface area contributed by atoms with Crippen molar-refractivity contribution in [2.45, 2.75) is 37.5 Å². The lowest BCUT2D eigenvalue weighted by atomic mass is 10.0. The highest BCUT2D eigenvalue weighted by molar-refractivity contribution is 7.89. The first-order valence-corrected chi connectivity index (χ1v) is 24.3. The molecule has 2 fully saturated rings. The summed E-state index contributed by atoms with van der Waals surface area (Å²) in [5.74, 6) is 1.28. The molecule has 0 saturated carbocycles. The van der Waals surface area contributed by atoms with Gasteiger partial charge in [-0.25, -0.2) is 26.8 Å². The van der Waals surface area contributed by atoms with Crippen LogP contribution in [0.15, 0.2) is 105 Å². The van der Waals surface area contributed by atoms with Crippen molar-refractivity contribution >= 4 is 53.0 Å². The number of methoxy groups -OCH3 is 2. The molecule has 0 radical (unpaired) electrons. The third-order valence-electron chi connectivity index (χ3n) is 11.0. The molecular formula is C44H50N6O6S4. The Balaban J connectivity index is 0.000000181. The Labute approximate surface area is 361 Å². The van der Waals surface area contributed by atoms with E-state index in [1.165, 1.54) is 27.8 Å². The van der Waals surface area contributed by atoms with Crippen molar-refractivity contribution < 1.29 is 26.3 Å². The van der Waals surface area contributed by atoms with E-state index in [0.29, 0.717) is 73.6 Å². The van der Waals surface area contributed by atoms with Crippen molar-refractivity contribution in [1.82, 2.24) is 18.6 Å². The number of anilines is 2. The molecule has 0 amide bonds. The van der Waals surface area contributed by atoms with Gasteiger partial charge in [0.1, 0.15) is 11.5 Å². The average Bonchev–Trinajstić information content (AvgIpc) is 3.96. The number of ether oxygens (including phenoxy) is 2. The molecule has 0 N–H and O–H groups in total. The van der Waals surface area contributed by atoms with Gasteiger partial charge < -0.3 is 19.3 Å². The fraction of sp³-hybridized carbons (Fsp3) is 0.318. The molecule has 2 aromatic heterocycles. The molecule has 0 spiro atoms. The van der Waals surface area contributed by atoms with Gasteiger partial charge in [-0.05, 0) is 98.5 Å². The molecule has 4 heterocycles. The summed E-state index contributed by atoms with van der Waals surface area (Å²) in [6, 6.07) is 25.6. The fourth-order valence-corrected chi connectivity index (χ4v) is 11.9. The predicted octanol–water partition coefficient (Wildman–Crippen LogP) is 7.89. The highest BCUT2D eigenvalue weighted by Gasteiger charge is 2.31. The standard InChI is InChI=1S/2C22H25N3O3S2/c1-16-5-4-6-20(17(16)2)21-15-29-22(23-21)24-11-13-25(14-12-24)30(26,27)19-9-7-18(28-3)8-10-19;1-16-5-4-6-17(2)21(16)20-15-29-22(23-20)24-11-13-25(14-12-24)30(26,27)19-9-7-18(28-3)8-10-19/h2*4-10,15H,11-14H2,1-3H3. The highest BCUT2D eigenvalue weighted by Crippen LogP contribution is 2.34. The van der Waals surface area contributed by atoms with Gasteiger partial charge in [-0.2, -0.15) is 8.61 Å². The van der Waals surface area contributed by atoms with E-state index in [1.54, 1.807) is 94.0 Å². The van der Waals surface area contributed by atoms with Crippen molar-refractivity contribution in [3.8, 4) is 34.0 Å². The molecule has 16 heteroatoms. The minimum absolute atomic E-state index is 0.295. The van der Waals surface area contributed by atoms with E-state index >= 15 is 0 Å². The zero-order valence-corrected chi connectivity index (χ0v) is 37.9. The monoisotopic (exact) mass is 886 g/mol. The van der Waals surface area contributed by atoms with Crippen LogP contribution < -0.4 is 19.3 Å². The van der Waals surface area contributed by atoms with Gasteiger partial charge in [0.15, 0.2) is 10.3 Å². The summed E-state index contributed by atoms with van der Waals surface area (Å²) in [7, 11) is -3.89. The number of thiazole rings is 2. The van der Waals surface area contributed by atoms with Crippen LogP contribution in [0.2, 0.25) is 0 Å². The van der Waals surface area contributed by atoms with Gasteiger partial charge in [-0.1, -0.05) is 36.4 Å². The number of nitrogens with zero attached hydrogens (tertiary/aromatic N) is 6. The van der Waals surface area contributed by atoms with Crippen LogP contribution in [0.5, 0.6) is 11.5 Å². The van der Waals surface area contributed by atoms with Crippen LogP contribution in [0, 0.1) is 27.7 Å². The summed E-state index contributed by atoms with van der Waals surface area (Å²) >= 11 is 3.22. The summed E-state index contributed by atoms with van der Waals surface area (Å²) in [6.45, 7) is 12.7. The van der Waals surface area contributed by atoms with Gasteiger partial charge in [-0.3, -0.25) is 0 Å². The molecular weight excluding hydrogens is 837 g/mol. The Hall–Kier alpha value is -4.84. The summed E-state index contributed by atoms with van der Waals surface area (Å²) < 4.78 is 65.1. The molecule has 2 aliphatic heterocycles. The summed E-state index contributed by atoms with van der Waals surface area (Å²) in [4.78, 5) is 14.6. The Morgan fingerprint density at radius 2 is 0.917 bits per heavy atom. The smallest absolute Gasteiger partial charge is 0.243 e. The summed E-state index contributed by atoms with van der Waals surface area (Å²) in [5.41, 5.74) is 9.20. The zero-order valence-electron chi connectivity index (χ0n) is 34.7. The average molecular weight is 887 g/mol. The van der Waals surface area contributed by atoms with E-state index in [4.69, 9.17) is 19.4 Å². The van der Waals surface area contributed by atoms with Gasteiger partial charge >= 0.3 is 0 Å². The number of hydrogen-bond donors (Lipinski definition) is 0. The van der Waals surface area contributed by atoms with Crippen molar-refractivity contribution in [3.63, 3.8) is 0 Å². The largest absolute Gasteiger partial charge is 0.497 e. The lowest BCUT2D eigenvalue weighted by Gasteiger charge is -2.33. The van der Waals surface area contributed by atoms with Crippen LogP contribution in [0.3, 0.4) is 0 Å². The zero-order chi connectivity index (χ0) is 42.6. The van der Waals surface area contributed by atoms with Crippen LogP contribution in [-0.4, -0.2) is 102 Å². The van der Waals surface area contributed by atoms with E-state index in [0.717, 1.165) is 27.2 Å². The normalized spacial score (nSPS) is 15.4. The summed E-state index contributed by atoms with van der Waals surface area (Å²) in [6.07, 6.45) is 0. The second-order valence-corrected chi connectivity index (χ2v) is 20.2. The molecule has 0 bridgehead atoms.